The number of ether oxygens (including phenoxy) is 1. The minimum atomic E-state index is -2.99. The Morgan fingerprint density at radius 1 is 1.14 bits per heavy atom. The number of hydrogen-bond donors (Lipinski definition) is 1. The molecule has 0 fully saturated rings. The molecule has 144 valence electrons. The number of benzene rings is 2. The quantitative estimate of drug-likeness (QED) is 0.459. The minimum absolute atomic E-state index is 0.111. The lowest BCUT2D eigenvalue weighted by Gasteiger charge is -2.13. The highest BCUT2D eigenvalue weighted by Gasteiger charge is 2.41. The first-order valence-electron chi connectivity index (χ1n) is 7.76. The molecule has 0 unspecified atom stereocenters. The lowest BCUT2D eigenvalue weighted by Crippen LogP contribution is -2.37. The second kappa shape index (κ2) is 7.39. The number of alkyl halides is 2. The van der Waals surface area contributed by atoms with Crippen molar-refractivity contribution in [3.8, 4) is 5.75 Å². The second-order valence-corrected chi connectivity index (χ2v) is 5.60. The molecular weight excluding hydrogens is 380 g/mol. The van der Waals surface area contributed by atoms with Crippen LogP contribution in [0.5, 0.6) is 5.75 Å². The van der Waals surface area contributed by atoms with Gasteiger partial charge in [-0.25, -0.2) is 0 Å². The Balaban J connectivity index is 1.71. The zero-order valence-corrected chi connectivity index (χ0v) is 13.9. The molecule has 0 saturated heterocycles. The van der Waals surface area contributed by atoms with Crippen LogP contribution in [0.1, 0.15) is 20.7 Å². The van der Waals surface area contributed by atoms with Gasteiger partial charge in [0.1, 0.15) is 17.9 Å². The van der Waals surface area contributed by atoms with Crippen molar-refractivity contribution in [1.82, 2.24) is 4.90 Å². The van der Waals surface area contributed by atoms with Gasteiger partial charge in [-0.1, -0.05) is 6.07 Å². The molecule has 0 radical (unpaired) electrons. The maximum Gasteiger partial charge on any atom is 0.387 e. The van der Waals surface area contributed by atoms with Crippen molar-refractivity contribution in [3.05, 3.63) is 63.7 Å². The van der Waals surface area contributed by atoms with Gasteiger partial charge in [0.25, 0.3) is 17.5 Å². The first-order valence-corrected chi connectivity index (χ1v) is 7.76. The molecule has 28 heavy (non-hydrogen) atoms. The number of anilines is 1. The van der Waals surface area contributed by atoms with Crippen LogP contribution in [0.2, 0.25) is 0 Å². The molecule has 3 amide bonds. The van der Waals surface area contributed by atoms with Crippen LogP contribution >= 0.6 is 0 Å². The van der Waals surface area contributed by atoms with Crippen molar-refractivity contribution in [1.29, 1.82) is 0 Å². The molecule has 0 aromatic heterocycles. The summed E-state index contributed by atoms with van der Waals surface area (Å²) in [4.78, 5) is 47.8. The normalized spacial score (nSPS) is 12.9. The van der Waals surface area contributed by atoms with Crippen LogP contribution in [-0.4, -0.2) is 40.7 Å². The zero-order chi connectivity index (χ0) is 20.4. The number of imide groups is 1. The number of nitrogens with zero attached hydrogens (tertiary/aromatic N) is 2. The summed E-state index contributed by atoms with van der Waals surface area (Å²) >= 11 is 0. The number of amides is 3. The predicted octanol–water partition coefficient (Wildman–Crippen LogP) is 2.43. The summed E-state index contributed by atoms with van der Waals surface area (Å²) in [6.45, 7) is -3.66. The standard InChI is InChI=1S/C17H11F2N3O6/c18-17(19)28-10-6-4-9(5-7-10)20-13(23)8-21-15(24)11-2-1-3-12(22(26)27)14(11)16(21)25/h1-7,17H,8H2,(H,20,23). The van der Waals surface area contributed by atoms with Crippen molar-refractivity contribution < 1.29 is 32.8 Å². The van der Waals surface area contributed by atoms with Crippen LogP contribution in [0, 0.1) is 10.1 Å². The Labute approximate surface area is 155 Å². The van der Waals surface area contributed by atoms with E-state index in [1.807, 2.05) is 0 Å². The summed E-state index contributed by atoms with van der Waals surface area (Å²) in [6, 6.07) is 8.62. The number of nitro benzene ring substituents is 1. The van der Waals surface area contributed by atoms with Gasteiger partial charge in [0, 0.05) is 11.8 Å². The Morgan fingerprint density at radius 3 is 2.43 bits per heavy atom. The fourth-order valence-corrected chi connectivity index (χ4v) is 2.68. The number of nitrogens with one attached hydrogen (secondary N) is 1. The van der Waals surface area contributed by atoms with E-state index in [0.29, 0.717) is 4.90 Å². The van der Waals surface area contributed by atoms with E-state index in [1.54, 1.807) is 0 Å². The molecule has 2 aromatic carbocycles. The van der Waals surface area contributed by atoms with Crippen LogP contribution < -0.4 is 10.1 Å². The van der Waals surface area contributed by atoms with Gasteiger partial charge in [-0.2, -0.15) is 8.78 Å². The molecule has 0 spiro atoms. The molecule has 1 heterocycles. The van der Waals surface area contributed by atoms with Crippen LogP contribution in [0.4, 0.5) is 20.2 Å². The van der Waals surface area contributed by atoms with E-state index in [1.165, 1.54) is 36.4 Å². The summed E-state index contributed by atoms with van der Waals surface area (Å²) in [5.41, 5.74) is -0.818. The first-order chi connectivity index (χ1) is 13.3. The van der Waals surface area contributed by atoms with E-state index in [-0.39, 0.29) is 22.6 Å². The molecule has 1 aliphatic heterocycles. The van der Waals surface area contributed by atoms with Gasteiger partial charge in [-0.3, -0.25) is 29.4 Å². The van der Waals surface area contributed by atoms with E-state index in [2.05, 4.69) is 10.1 Å². The highest BCUT2D eigenvalue weighted by Crippen LogP contribution is 2.30. The van der Waals surface area contributed by atoms with Crippen molar-refractivity contribution >= 4 is 29.1 Å². The Bertz CT molecular complexity index is 977. The molecular formula is C17H11F2N3O6. The van der Waals surface area contributed by atoms with Crippen molar-refractivity contribution in [3.63, 3.8) is 0 Å². The number of halogens is 2. The highest BCUT2D eigenvalue weighted by atomic mass is 19.3. The summed E-state index contributed by atoms with van der Waals surface area (Å²) in [6.07, 6.45) is 0. The topological polar surface area (TPSA) is 119 Å². The third-order valence-electron chi connectivity index (χ3n) is 3.84. The molecule has 11 heteroatoms. The van der Waals surface area contributed by atoms with Gasteiger partial charge in [0.15, 0.2) is 0 Å². The van der Waals surface area contributed by atoms with Crippen LogP contribution in [-0.2, 0) is 4.79 Å². The Kier molecular flexibility index (Phi) is 4.98. The van der Waals surface area contributed by atoms with Gasteiger partial charge in [0.05, 0.1) is 10.5 Å². The molecule has 0 atom stereocenters. The number of hydrogen-bond acceptors (Lipinski definition) is 6. The van der Waals surface area contributed by atoms with Crippen LogP contribution in [0.3, 0.4) is 0 Å². The number of carbonyl (C=O) groups is 3. The molecule has 0 bridgehead atoms. The maximum atomic E-state index is 12.4. The smallest absolute Gasteiger partial charge is 0.387 e. The summed E-state index contributed by atoms with van der Waals surface area (Å²) < 4.78 is 28.4. The second-order valence-electron chi connectivity index (χ2n) is 5.60. The monoisotopic (exact) mass is 391 g/mol. The third-order valence-corrected chi connectivity index (χ3v) is 3.84. The molecule has 0 saturated carbocycles. The van der Waals surface area contributed by atoms with Gasteiger partial charge < -0.3 is 10.1 Å². The van der Waals surface area contributed by atoms with E-state index < -0.39 is 41.5 Å². The van der Waals surface area contributed by atoms with Crippen LogP contribution in [0.15, 0.2) is 42.5 Å². The molecule has 9 nitrogen and oxygen atoms in total. The summed E-state index contributed by atoms with van der Waals surface area (Å²) in [7, 11) is 0. The molecule has 3 rings (SSSR count). The van der Waals surface area contributed by atoms with Gasteiger partial charge in [0.2, 0.25) is 5.91 Å². The van der Waals surface area contributed by atoms with E-state index in [0.717, 1.165) is 6.07 Å². The zero-order valence-electron chi connectivity index (χ0n) is 13.9. The number of fused-ring (bicyclic) bond motifs is 1. The van der Waals surface area contributed by atoms with Crippen molar-refractivity contribution in [2.24, 2.45) is 0 Å². The average Bonchev–Trinajstić information content (AvgIpc) is 2.88. The third kappa shape index (κ3) is 3.63. The summed E-state index contributed by atoms with van der Waals surface area (Å²) in [5.74, 6) is -2.62. The predicted molar refractivity (Wildman–Crippen MR) is 90.2 cm³/mol. The Hall–Kier alpha value is -3.89. The fourth-order valence-electron chi connectivity index (χ4n) is 2.68. The number of nitro groups is 1. The van der Waals surface area contributed by atoms with Gasteiger partial charge in [-0.15, -0.1) is 0 Å². The summed E-state index contributed by atoms with van der Waals surface area (Å²) in [5, 5.41) is 13.5. The van der Waals surface area contributed by atoms with Crippen LogP contribution in [0.25, 0.3) is 0 Å². The molecule has 1 N–H and O–H groups in total. The van der Waals surface area contributed by atoms with E-state index >= 15 is 0 Å². The van der Waals surface area contributed by atoms with Crippen molar-refractivity contribution in [2.45, 2.75) is 6.61 Å². The maximum absolute atomic E-state index is 12.4. The van der Waals surface area contributed by atoms with Crippen molar-refractivity contribution in [2.75, 3.05) is 11.9 Å². The fraction of sp³-hybridized carbons (Fsp3) is 0.118. The minimum Gasteiger partial charge on any atom is -0.435 e. The van der Waals surface area contributed by atoms with Gasteiger partial charge >= 0.3 is 6.61 Å². The van der Waals surface area contributed by atoms with E-state index in [9.17, 15) is 33.3 Å². The first kappa shape index (κ1) is 18.9. The van der Waals surface area contributed by atoms with Gasteiger partial charge in [-0.05, 0) is 30.3 Å². The molecule has 2 aromatic rings. The lowest BCUT2D eigenvalue weighted by atomic mass is 10.1. The lowest BCUT2D eigenvalue weighted by molar-refractivity contribution is -0.385. The molecule has 1 aliphatic rings. The number of carbonyl (C=O) groups excluding carboxylic acids is 3. The number of rotatable bonds is 6. The average molecular weight is 391 g/mol. The Morgan fingerprint density at radius 2 is 1.82 bits per heavy atom. The SMILES string of the molecule is O=C(CN1C(=O)c2cccc([N+](=O)[O-])c2C1=O)Nc1ccc(OC(F)F)cc1. The highest BCUT2D eigenvalue weighted by molar-refractivity contribution is 6.24. The largest absolute Gasteiger partial charge is 0.435 e. The van der Waals surface area contributed by atoms with E-state index in [4.69, 9.17) is 0 Å². The molecule has 0 aliphatic carbocycles.